The molecule has 4 rings (SSSR count). The van der Waals surface area contributed by atoms with Crippen LogP contribution in [0.1, 0.15) is 29.2 Å². The van der Waals surface area contributed by atoms with Crippen molar-refractivity contribution in [3.8, 4) is 0 Å². The second-order valence-corrected chi connectivity index (χ2v) is 6.98. The molecule has 0 bridgehead atoms. The summed E-state index contributed by atoms with van der Waals surface area (Å²) < 4.78 is 39.7. The van der Waals surface area contributed by atoms with E-state index < -0.39 is 11.7 Å². The molecule has 4 nitrogen and oxygen atoms in total. The summed E-state index contributed by atoms with van der Waals surface area (Å²) in [5.74, 6) is -0.269. The third-order valence-corrected chi connectivity index (χ3v) is 5.15. The molecule has 2 heterocycles. The van der Waals surface area contributed by atoms with E-state index in [9.17, 15) is 18.0 Å². The van der Waals surface area contributed by atoms with Gasteiger partial charge in [-0.05, 0) is 30.0 Å². The van der Waals surface area contributed by atoms with E-state index in [2.05, 4.69) is 10.3 Å². The van der Waals surface area contributed by atoms with Gasteiger partial charge in [0.2, 0.25) is 5.91 Å². The average Bonchev–Trinajstić information content (AvgIpc) is 3.10. The largest absolute Gasteiger partial charge is 0.416 e. The fraction of sp³-hybridized carbons (Fsp3) is 0.294. The molecule has 130 valence electrons. The van der Waals surface area contributed by atoms with Crippen LogP contribution in [0.5, 0.6) is 0 Å². The average molecular weight is 365 g/mol. The Labute approximate surface area is 145 Å². The molecular weight excluding hydrogens is 351 g/mol. The first-order valence-corrected chi connectivity index (χ1v) is 8.66. The topological polar surface area (TPSA) is 46.4 Å². The number of imidazole rings is 1. The highest BCUT2D eigenvalue weighted by Crippen LogP contribution is 2.48. The quantitative estimate of drug-likeness (QED) is 0.764. The lowest BCUT2D eigenvalue weighted by molar-refractivity contribution is -0.137. The van der Waals surface area contributed by atoms with Crippen LogP contribution in [-0.4, -0.2) is 15.3 Å². The van der Waals surface area contributed by atoms with Gasteiger partial charge in [0.05, 0.1) is 17.8 Å². The molecule has 2 unspecified atom stereocenters. The van der Waals surface area contributed by atoms with E-state index >= 15 is 0 Å². The minimum absolute atomic E-state index is 0.00669. The van der Waals surface area contributed by atoms with Gasteiger partial charge in [0, 0.05) is 23.7 Å². The summed E-state index contributed by atoms with van der Waals surface area (Å²) in [6.45, 7) is 0.351. The standard InChI is InChI=1S/C17H14F3N3OS/c18-17(19,20)11-3-1-10(2-4-11)13-7-14(13)15(24)21-8-12-9-23-5-6-25-16(23)22-12/h1-6,9,13-14H,7-8H2,(H,21,24). The molecule has 1 aromatic carbocycles. The Kier molecular flexibility index (Phi) is 3.79. The summed E-state index contributed by atoms with van der Waals surface area (Å²) in [7, 11) is 0. The number of aromatic nitrogens is 2. The fourth-order valence-electron chi connectivity index (χ4n) is 2.94. The number of benzene rings is 1. The van der Waals surface area contributed by atoms with Crippen molar-refractivity contribution in [3.63, 3.8) is 0 Å². The third-order valence-electron chi connectivity index (χ3n) is 4.38. The maximum Gasteiger partial charge on any atom is 0.416 e. The zero-order chi connectivity index (χ0) is 17.6. The number of hydrogen-bond donors (Lipinski definition) is 1. The molecule has 0 aliphatic heterocycles. The number of nitrogens with zero attached hydrogens (tertiary/aromatic N) is 2. The van der Waals surface area contributed by atoms with Crippen LogP contribution < -0.4 is 5.32 Å². The molecule has 0 spiro atoms. The van der Waals surface area contributed by atoms with E-state index in [1.54, 1.807) is 0 Å². The first-order chi connectivity index (χ1) is 11.9. The van der Waals surface area contributed by atoms with E-state index in [4.69, 9.17) is 0 Å². The summed E-state index contributed by atoms with van der Waals surface area (Å²) in [4.78, 5) is 17.5. The lowest BCUT2D eigenvalue weighted by atomic mass is 10.1. The van der Waals surface area contributed by atoms with Crippen molar-refractivity contribution in [1.82, 2.24) is 14.7 Å². The van der Waals surface area contributed by atoms with Gasteiger partial charge in [-0.2, -0.15) is 13.2 Å². The first kappa shape index (κ1) is 16.1. The Balaban J connectivity index is 1.34. The molecule has 0 saturated heterocycles. The molecule has 1 fully saturated rings. The van der Waals surface area contributed by atoms with Gasteiger partial charge >= 0.3 is 6.18 Å². The number of carbonyl (C=O) groups excluding carboxylic acids is 1. The Bertz CT molecular complexity index is 885. The number of halogens is 3. The lowest BCUT2D eigenvalue weighted by Gasteiger charge is -2.07. The van der Waals surface area contributed by atoms with E-state index in [1.807, 2.05) is 22.2 Å². The maximum atomic E-state index is 12.6. The van der Waals surface area contributed by atoms with Crippen molar-refractivity contribution >= 4 is 22.2 Å². The molecule has 1 saturated carbocycles. The van der Waals surface area contributed by atoms with Crippen molar-refractivity contribution in [2.45, 2.75) is 25.1 Å². The van der Waals surface area contributed by atoms with Crippen LogP contribution in [0.15, 0.2) is 42.0 Å². The van der Waals surface area contributed by atoms with Gasteiger partial charge in [0.15, 0.2) is 4.96 Å². The molecule has 8 heteroatoms. The first-order valence-electron chi connectivity index (χ1n) is 7.78. The third kappa shape index (κ3) is 3.26. The fourth-order valence-corrected chi connectivity index (χ4v) is 3.66. The number of thiazole rings is 1. The Morgan fingerprint density at radius 2 is 2.08 bits per heavy atom. The summed E-state index contributed by atoms with van der Waals surface area (Å²) in [6.07, 6.45) is 0.0961. The number of rotatable bonds is 4. The predicted octanol–water partition coefficient (Wildman–Crippen LogP) is 3.83. The van der Waals surface area contributed by atoms with Crippen molar-refractivity contribution in [3.05, 3.63) is 58.9 Å². The lowest BCUT2D eigenvalue weighted by Crippen LogP contribution is -2.25. The predicted molar refractivity (Wildman–Crippen MR) is 87.2 cm³/mol. The van der Waals surface area contributed by atoms with E-state index in [-0.39, 0.29) is 17.7 Å². The Morgan fingerprint density at radius 1 is 1.32 bits per heavy atom. The molecule has 0 radical (unpaired) electrons. The number of nitrogens with one attached hydrogen (secondary N) is 1. The van der Waals surface area contributed by atoms with Gasteiger partial charge in [-0.1, -0.05) is 12.1 Å². The molecule has 2 atom stereocenters. The van der Waals surface area contributed by atoms with Crippen LogP contribution in [0.25, 0.3) is 4.96 Å². The number of alkyl halides is 3. The van der Waals surface area contributed by atoms with Gasteiger partial charge in [-0.25, -0.2) is 4.98 Å². The van der Waals surface area contributed by atoms with Crippen molar-refractivity contribution in [2.75, 3.05) is 0 Å². The minimum Gasteiger partial charge on any atom is -0.350 e. The van der Waals surface area contributed by atoms with Gasteiger partial charge in [0.1, 0.15) is 0 Å². The van der Waals surface area contributed by atoms with Crippen molar-refractivity contribution in [1.29, 1.82) is 0 Å². The molecule has 25 heavy (non-hydrogen) atoms. The van der Waals surface area contributed by atoms with Crippen LogP contribution in [0.4, 0.5) is 13.2 Å². The van der Waals surface area contributed by atoms with Crippen LogP contribution in [0.2, 0.25) is 0 Å². The van der Waals surface area contributed by atoms with Crippen LogP contribution in [-0.2, 0) is 17.5 Å². The van der Waals surface area contributed by atoms with E-state index in [0.29, 0.717) is 13.0 Å². The highest BCUT2D eigenvalue weighted by atomic mass is 32.1. The van der Waals surface area contributed by atoms with Crippen molar-refractivity contribution in [2.24, 2.45) is 5.92 Å². The normalized spacial score (nSPS) is 20.0. The van der Waals surface area contributed by atoms with E-state index in [1.165, 1.54) is 23.5 Å². The maximum absolute atomic E-state index is 12.6. The summed E-state index contributed by atoms with van der Waals surface area (Å²) in [5.41, 5.74) is 0.889. The summed E-state index contributed by atoms with van der Waals surface area (Å²) >= 11 is 1.52. The van der Waals surface area contributed by atoms with Gasteiger partial charge < -0.3 is 5.32 Å². The number of hydrogen-bond acceptors (Lipinski definition) is 3. The molecule has 1 amide bonds. The van der Waals surface area contributed by atoms with Crippen LogP contribution in [0.3, 0.4) is 0 Å². The Morgan fingerprint density at radius 3 is 2.76 bits per heavy atom. The van der Waals surface area contributed by atoms with Crippen LogP contribution >= 0.6 is 11.3 Å². The highest BCUT2D eigenvalue weighted by Gasteiger charge is 2.44. The molecule has 1 aliphatic rings. The Hall–Kier alpha value is -2.35. The summed E-state index contributed by atoms with van der Waals surface area (Å²) in [5, 5.41) is 4.79. The SMILES string of the molecule is O=C(NCc1cn2ccsc2n1)C1CC1c1ccc(C(F)(F)F)cc1. The zero-order valence-electron chi connectivity index (χ0n) is 13.0. The van der Waals surface area contributed by atoms with Gasteiger partial charge in [0.25, 0.3) is 0 Å². The molecule has 3 aromatic rings. The second kappa shape index (κ2) is 5.87. The molecule has 1 N–H and O–H groups in total. The number of carbonyl (C=O) groups is 1. The molecule has 2 aromatic heterocycles. The summed E-state index contributed by atoms with van der Waals surface area (Å²) in [6, 6.07) is 5.06. The van der Waals surface area contributed by atoms with Gasteiger partial charge in [-0.3, -0.25) is 9.20 Å². The molecule has 1 aliphatic carbocycles. The molecular formula is C17H14F3N3OS. The smallest absolute Gasteiger partial charge is 0.350 e. The minimum atomic E-state index is -4.34. The highest BCUT2D eigenvalue weighted by molar-refractivity contribution is 7.15. The van der Waals surface area contributed by atoms with E-state index in [0.717, 1.165) is 28.4 Å². The monoisotopic (exact) mass is 365 g/mol. The number of amides is 1. The number of fused-ring (bicyclic) bond motifs is 1. The zero-order valence-corrected chi connectivity index (χ0v) is 13.8. The second-order valence-electron chi connectivity index (χ2n) is 6.11. The van der Waals surface area contributed by atoms with Crippen LogP contribution in [0, 0.1) is 5.92 Å². The van der Waals surface area contributed by atoms with Crippen molar-refractivity contribution < 1.29 is 18.0 Å². The van der Waals surface area contributed by atoms with Gasteiger partial charge in [-0.15, -0.1) is 11.3 Å².